The number of likely N-dealkylation sites (N-methyl/N-ethyl adjacent to an activating group) is 1. The Kier molecular flexibility index (Phi) is 4.15. The van der Waals surface area contributed by atoms with Gasteiger partial charge >= 0.3 is 0 Å². The molecule has 1 aromatic rings. The van der Waals surface area contributed by atoms with E-state index in [0.29, 0.717) is 12.5 Å². The smallest absolute Gasteiger partial charge is 0.224 e. The zero-order valence-corrected chi connectivity index (χ0v) is 10.4. The number of rotatable bonds is 3. The van der Waals surface area contributed by atoms with E-state index in [9.17, 15) is 4.79 Å². The van der Waals surface area contributed by atoms with Crippen LogP contribution in [0.15, 0.2) is 30.3 Å². The Morgan fingerprint density at radius 3 is 2.88 bits per heavy atom. The number of nitrogens with zero attached hydrogens (tertiary/aromatic N) is 1. The highest BCUT2D eigenvalue weighted by molar-refractivity contribution is 5.78. The summed E-state index contributed by atoms with van der Waals surface area (Å²) in [7, 11) is 2.11. The van der Waals surface area contributed by atoms with E-state index < -0.39 is 0 Å². The second kappa shape index (κ2) is 5.82. The van der Waals surface area contributed by atoms with Crippen molar-refractivity contribution in [3.8, 4) is 0 Å². The minimum atomic E-state index is 0.136. The first kappa shape index (κ1) is 12.1. The number of hydrogen-bond donors (Lipinski definition) is 1. The average molecular weight is 232 g/mol. The highest BCUT2D eigenvalue weighted by Gasteiger charge is 2.18. The molecule has 92 valence electrons. The summed E-state index contributed by atoms with van der Waals surface area (Å²) in [5.74, 6) is 0.136. The zero-order chi connectivity index (χ0) is 12.1. The third-order valence-electron chi connectivity index (χ3n) is 3.20. The Bertz CT molecular complexity index is 364. The Hall–Kier alpha value is -1.35. The summed E-state index contributed by atoms with van der Waals surface area (Å²) in [4.78, 5) is 14.1. The molecule has 1 fully saturated rings. The quantitative estimate of drug-likeness (QED) is 0.855. The highest BCUT2D eigenvalue weighted by atomic mass is 16.1. The molecule has 0 spiro atoms. The third kappa shape index (κ3) is 3.86. The predicted molar refractivity (Wildman–Crippen MR) is 68.8 cm³/mol. The van der Waals surface area contributed by atoms with Gasteiger partial charge in [0.15, 0.2) is 0 Å². The van der Waals surface area contributed by atoms with Crippen molar-refractivity contribution in [1.82, 2.24) is 10.2 Å². The molecule has 0 aliphatic carbocycles. The predicted octanol–water partition coefficient (Wildman–Crippen LogP) is 1.44. The van der Waals surface area contributed by atoms with Crippen LogP contribution in [0.2, 0.25) is 0 Å². The summed E-state index contributed by atoms with van der Waals surface area (Å²) in [6, 6.07) is 10.2. The molecule has 1 N–H and O–H groups in total. The lowest BCUT2D eigenvalue weighted by Gasteiger charge is -2.30. The Labute approximate surface area is 103 Å². The average Bonchev–Trinajstić information content (AvgIpc) is 2.30. The Morgan fingerprint density at radius 1 is 1.41 bits per heavy atom. The molecular weight excluding hydrogens is 212 g/mol. The van der Waals surface area contributed by atoms with E-state index in [1.807, 2.05) is 30.3 Å². The maximum atomic E-state index is 11.9. The van der Waals surface area contributed by atoms with Gasteiger partial charge in [-0.15, -0.1) is 0 Å². The molecule has 0 saturated carbocycles. The minimum absolute atomic E-state index is 0.136. The van der Waals surface area contributed by atoms with E-state index in [1.54, 1.807) is 0 Å². The molecular formula is C14H20N2O. The molecule has 2 rings (SSSR count). The summed E-state index contributed by atoms with van der Waals surface area (Å²) >= 11 is 0. The van der Waals surface area contributed by atoms with Crippen LogP contribution in [0, 0.1) is 0 Å². The first-order valence-corrected chi connectivity index (χ1v) is 6.26. The monoisotopic (exact) mass is 232 g/mol. The van der Waals surface area contributed by atoms with Crippen molar-refractivity contribution in [1.29, 1.82) is 0 Å². The normalized spacial score (nSPS) is 21.1. The Morgan fingerprint density at radius 2 is 2.18 bits per heavy atom. The number of carbonyl (C=O) groups excluding carboxylic acids is 1. The molecule has 0 bridgehead atoms. The van der Waals surface area contributed by atoms with E-state index in [0.717, 1.165) is 25.1 Å². The number of amides is 1. The molecule has 17 heavy (non-hydrogen) atoms. The highest BCUT2D eigenvalue weighted by Crippen LogP contribution is 2.08. The summed E-state index contributed by atoms with van der Waals surface area (Å²) < 4.78 is 0. The van der Waals surface area contributed by atoms with E-state index in [2.05, 4.69) is 17.3 Å². The van der Waals surface area contributed by atoms with Gasteiger partial charge in [-0.1, -0.05) is 30.3 Å². The van der Waals surface area contributed by atoms with E-state index in [4.69, 9.17) is 0 Å². The van der Waals surface area contributed by atoms with Gasteiger partial charge in [0.25, 0.3) is 0 Å². The van der Waals surface area contributed by atoms with E-state index in [1.165, 1.54) is 6.42 Å². The van der Waals surface area contributed by atoms with Gasteiger partial charge < -0.3 is 10.2 Å². The summed E-state index contributed by atoms with van der Waals surface area (Å²) in [5.41, 5.74) is 1.08. The van der Waals surface area contributed by atoms with Crippen LogP contribution < -0.4 is 5.32 Å². The second-order valence-corrected chi connectivity index (χ2v) is 4.83. The maximum absolute atomic E-state index is 11.9. The van der Waals surface area contributed by atoms with Crippen LogP contribution in [-0.4, -0.2) is 37.0 Å². The van der Waals surface area contributed by atoms with Crippen molar-refractivity contribution in [3.05, 3.63) is 35.9 Å². The van der Waals surface area contributed by atoms with Gasteiger partial charge in [-0.3, -0.25) is 4.79 Å². The number of likely N-dealkylation sites (tertiary alicyclic amines) is 1. The topological polar surface area (TPSA) is 32.3 Å². The van der Waals surface area contributed by atoms with Gasteiger partial charge in [-0.2, -0.15) is 0 Å². The molecule has 1 atom stereocenters. The fourth-order valence-corrected chi connectivity index (χ4v) is 2.34. The molecule has 3 nitrogen and oxygen atoms in total. The molecule has 1 aliphatic heterocycles. The molecule has 1 amide bonds. The number of hydrogen-bond acceptors (Lipinski definition) is 2. The maximum Gasteiger partial charge on any atom is 0.224 e. The van der Waals surface area contributed by atoms with Gasteiger partial charge in [0, 0.05) is 12.6 Å². The summed E-state index contributed by atoms with van der Waals surface area (Å²) in [6.45, 7) is 2.12. The first-order chi connectivity index (χ1) is 8.24. The molecule has 0 radical (unpaired) electrons. The van der Waals surface area contributed by atoms with Gasteiger partial charge in [0.05, 0.1) is 6.42 Å². The largest absolute Gasteiger partial charge is 0.352 e. The fraction of sp³-hybridized carbons (Fsp3) is 0.500. The number of benzene rings is 1. The van der Waals surface area contributed by atoms with Crippen LogP contribution in [0.4, 0.5) is 0 Å². The molecule has 1 aromatic carbocycles. The van der Waals surface area contributed by atoms with Gasteiger partial charge in [-0.25, -0.2) is 0 Å². The molecule has 1 heterocycles. The molecule has 1 unspecified atom stereocenters. The van der Waals surface area contributed by atoms with Crippen LogP contribution in [0.1, 0.15) is 18.4 Å². The first-order valence-electron chi connectivity index (χ1n) is 6.26. The molecule has 1 saturated heterocycles. The zero-order valence-electron chi connectivity index (χ0n) is 10.4. The molecule has 3 heteroatoms. The van der Waals surface area contributed by atoms with Crippen molar-refractivity contribution in [2.45, 2.75) is 25.3 Å². The molecule has 1 aliphatic rings. The minimum Gasteiger partial charge on any atom is -0.352 e. The van der Waals surface area contributed by atoms with Crippen LogP contribution in [-0.2, 0) is 11.2 Å². The van der Waals surface area contributed by atoms with E-state index in [-0.39, 0.29) is 5.91 Å². The lowest BCUT2D eigenvalue weighted by molar-refractivity contribution is -0.121. The summed E-state index contributed by atoms with van der Waals surface area (Å²) in [6.07, 6.45) is 2.76. The lowest BCUT2D eigenvalue weighted by atomic mass is 10.1. The summed E-state index contributed by atoms with van der Waals surface area (Å²) in [5, 5.41) is 3.12. The van der Waals surface area contributed by atoms with Gasteiger partial charge in [-0.05, 0) is 32.0 Å². The molecule has 0 aromatic heterocycles. The van der Waals surface area contributed by atoms with Crippen LogP contribution in [0.5, 0.6) is 0 Å². The standard InChI is InChI=1S/C14H20N2O/c1-16-9-5-8-13(11-16)15-14(17)10-12-6-3-2-4-7-12/h2-4,6-7,13H,5,8-11H2,1H3,(H,15,17). The number of nitrogens with one attached hydrogen (secondary N) is 1. The van der Waals surface area contributed by atoms with E-state index >= 15 is 0 Å². The number of carbonyl (C=O) groups is 1. The lowest BCUT2D eigenvalue weighted by Crippen LogP contribution is -2.46. The van der Waals surface area contributed by atoms with Crippen molar-refractivity contribution >= 4 is 5.91 Å². The Balaban J connectivity index is 1.81. The van der Waals surface area contributed by atoms with Gasteiger partial charge in [0.1, 0.15) is 0 Å². The van der Waals surface area contributed by atoms with Crippen molar-refractivity contribution in [2.24, 2.45) is 0 Å². The second-order valence-electron chi connectivity index (χ2n) is 4.83. The third-order valence-corrected chi connectivity index (χ3v) is 3.20. The van der Waals surface area contributed by atoms with Crippen LogP contribution in [0.25, 0.3) is 0 Å². The van der Waals surface area contributed by atoms with Crippen LogP contribution in [0.3, 0.4) is 0 Å². The van der Waals surface area contributed by atoms with Crippen LogP contribution >= 0.6 is 0 Å². The van der Waals surface area contributed by atoms with Gasteiger partial charge in [0.2, 0.25) is 5.91 Å². The van der Waals surface area contributed by atoms with Crippen molar-refractivity contribution < 1.29 is 4.79 Å². The fourth-order valence-electron chi connectivity index (χ4n) is 2.34. The number of piperidine rings is 1. The van der Waals surface area contributed by atoms with Crippen molar-refractivity contribution in [3.63, 3.8) is 0 Å². The van der Waals surface area contributed by atoms with Crippen molar-refractivity contribution in [2.75, 3.05) is 20.1 Å². The SMILES string of the molecule is CN1CCCC(NC(=O)Cc2ccccc2)C1.